The lowest BCUT2D eigenvalue weighted by Gasteiger charge is -2.11. The number of ether oxygens (including phenoxy) is 1. The van der Waals surface area contributed by atoms with Gasteiger partial charge in [-0.25, -0.2) is 0 Å². The summed E-state index contributed by atoms with van der Waals surface area (Å²) >= 11 is 0. The zero-order chi connectivity index (χ0) is 15.4. The minimum atomic E-state index is -0.493. The molecule has 108 valence electrons. The summed E-state index contributed by atoms with van der Waals surface area (Å²) < 4.78 is 7.00. The molecule has 2 aromatic rings. The summed E-state index contributed by atoms with van der Waals surface area (Å²) in [4.78, 5) is 11.2. The molecule has 0 radical (unpaired) electrons. The Labute approximate surface area is 122 Å². The van der Waals surface area contributed by atoms with Gasteiger partial charge in [-0.15, -0.1) is 0 Å². The fourth-order valence-electron chi connectivity index (χ4n) is 2.04. The molecule has 2 rings (SSSR count). The predicted octanol–water partition coefficient (Wildman–Crippen LogP) is 1.62. The van der Waals surface area contributed by atoms with Crippen LogP contribution in [0.15, 0.2) is 30.5 Å². The highest BCUT2D eigenvalue weighted by molar-refractivity contribution is 5.94. The summed E-state index contributed by atoms with van der Waals surface area (Å²) in [5.74, 6) is 0.128. The van der Waals surface area contributed by atoms with E-state index in [1.165, 1.54) is 0 Å². The molecule has 0 aliphatic heterocycles. The first kappa shape index (κ1) is 14.5. The monoisotopic (exact) mass is 284 g/mol. The van der Waals surface area contributed by atoms with Gasteiger partial charge in [-0.1, -0.05) is 0 Å². The van der Waals surface area contributed by atoms with Crippen LogP contribution in [-0.2, 0) is 13.6 Å². The highest BCUT2D eigenvalue weighted by atomic mass is 16.5. The van der Waals surface area contributed by atoms with Crippen molar-refractivity contribution in [2.45, 2.75) is 6.54 Å². The number of amides is 1. The van der Waals surface area contributed by atoms with Crippen LogP contribution in [-0.4, -0.2) is 17.6 Å². The first-order valence-corrected chi connectivity index (χ1v) is 6.32. The Kier molecular flexibility index (Phi) is 4.14. The van der Waals surface area contributed by atoms with E-state index in [-0.39, 0.29) is 0 Å². The third kappa shape index (κ3) is 3.15. The van der Waals surface area contributed by atoms with Crippen molar-refractivity contribution in [1.82, 2.24) is 4.57 Å². The quantitative estimate of drug-likeness (QED) is 0.872. The zero-order valence-corrected chi connectivity index (χ0v) is 11.9. The number of nitriles is 1. The number of benzene rings is 1. The molecule has 1 aromatic carbocycles. The van der Waals surface area contributed by atoms with E-state index >= 15 is 0 Å². The first-order valence-electron chi connectivity index (χ1n) is 6.32. The highest BCUT2D eigenvalue weighted by Crippen LogP contribution is 2.26. The molecule has 0 bridgehead atoms. The molecule has 3 N–H and O–H groups in total. The summed E-state index contributed by atoms with van der Waals surface area (Å²) in [7, 11) is 3.37. The molecular formula is C15H16N4O2. The van der Waals surface area contributed by atoms with E-state index in [1.54, 1.807) is 35.9 Å². The van der Waals surface area contributed by atoms with Gasteiger partial charge in [-0.2, -0.15) is 5.26 Å². The zero-order valence-electron chi connectivity index (χ0n) is 11.9. The molecule has 6 nitrogen and oxygen atoms in total. The number of carbonyl (C=O) groups excluding carboxylic acids is 1. The smallest absolute Gasteiger partial charge is 0.248 e. The Hall–Kier alpha value is -2.94. The molecule has 21 heavy (non-hydrogen) atoms. The number of anilines is 1. The number of methoxy groups -OCH3 is 1. The van der Waals surface area contributed by atoms with E-state index in [1.807, 2.05) is 13.2 Å². The van der Waals surface area contributed by atoms with E-state index in [9.17, 15) is 4.79 Å². The van der Waals surface area contributed by atoms with Gasteiger partial charge in [0.05, 0.1) is 12.8 Å². The van der Waals surface area contributed by atoms with Crippen LogP contribution in [0.2, 0.25) is 0 Å². The number of nitrogens with two attached hydrogens (primary N) is 1. The second-order valence-corrected chi connectivity index (χ2v) is 4.59. The lowest BCUT2D eigenvalue weighted by molar-refractivity contribution is 0.100. The van der Waals surface area contributed by atoms with Crippen LogP contribution in [0.4, 0.5) is 5.69 Å². The van der Waals surface area contributed by atoms with Gasteiger partial charge in [0.1, 0.15) is 17.5 Å². The van der Waals surface area contributed by atoms with Gasteiger partial charge >= 0.3 is 0 Å². The average molecular weight is 284 g/mol. The Morgan fingerprint density at radius 3 is 2.81 bits per heavy atom. The molecule has 0 fully saturated rings. The van der Waals surface area contributed by atoms with Crippen LogP contribution in [0.3, 0.4) is 0 Å². The van der Waals surface area contributed by atoms with Crippen LogP contribution in [0.25, 0.3) is 0 Å². The molecule has 1 amide bonds. The average Bonchev–Trinajstić information content (AvgIpc) is 2.84. The van der Waals surface area contributed by atoms with Gasteiger partial charge in [-0.05, 0) is 29.8 Å². The second kappa shape index (κ2) is 6.01. The van der Waals surface area contributed by atoms with Crippen molar-refractivity contribution >= 4 is 11.6 Å². The third-order valence-corrected chi connectivity index (χ3v) is 3.14. The van der Waals surface area contributed by atoms with E-state index in [4.69, 9.17) is 15.7 Å². The van der Waals surface area contributed by atoms with Gasteiger partial charge in [0.25, 0.3) is 0 Å². The molecule has 0 aliphatic carbocycles. The molecule has 0 saturated carbocycles. The Bertz CT molecular complexity index is 713. The van der Waals surface area contributed by atoms with Crippen LogP contribution in [0, 0.1) is 11.3 Å². The van der Waals surface area contributed by atoms with Crippen LogP contribution in [0.1, 0.15) is 21.6 Å². The number of rotatable bonds is 5. The van der Waals surface area contributed by atoms with Crippen molar-refractivity contribution in [2.75, 3.05) is 12.4 Å². The maximum atomic E-state index is 11.2. The summed E-state index contributed by atoms with van der Waals surface area (Å²) in [5.41, 5.74) is 7.91. The Balaban J connectivity index is 2.20. The van der Waals surface area contributed by atoms with Crippen molar-refractivity contribution < 1.29 is 9.53 Å². The van der Waals surface area contributed by atoms with E-state index < -0.39 is 5.91 Å². The van der Waals surface area contributed by atoms with E-state index in [2.05, 4.69) is 11.4 Å². The van der Waals surface area contributed by atoms with Gasteiger partial charge in [0, 0.05) is 25.4 Å². The summed E-state index contributed by atoms with van der Waals surface area (Å²) in [6.45, 7) is 0.508. The van der Waals surface area contributed by atoms with Crippen molar-refractivity contribution in [2.24, 2.45) is 12.8 Å². The van der Waals surface area contributed by atoms with Gasteiger partial charge in [-0.3, -0.25) is 4.79 Å². The molecule has 6 heteroatoms. The van der Waals surface area contributed by atoms with E-state index in [0.717, 1.165) is 5.56 Å². The number of hydrogen-bond donors (Lipinski definition) is 2. The number of aromatic nitrogens is 1. The maximum absolute atomic E-state index is 11.2. The maximum Gasteiger partial charge on any atom is 0.248 e. The predicted molar refractivity (Wildman–Crippen MR) is 79.0 cm³/mol. The molecule has 0 spiro atoms. The van der Waals surface area contributed by atoms with Crippen molar-refractivity contribution in [1.29, 1.82) is 5.26 Å². The minimum absolute atomic E-state index is 0.407. The summed E-state index contributed by atoms with van der Waals surface area (Å²) in [5, 5.41) is 12.1. The third-order valence-electron chi connectivity index (χ3n) is 3.14. The topological polar surface area (TPSA) is 93.1 Å². The molecule has 0 aliphatic rings. The molecule has 0 saturated heterocycles. The number of hydrogen-bond acceptors (Lipinski definition) is 4. The van der Waals surface area contributed by atoms with E-state index in [0.29, 0.717) is 29.2 Å². The SMILES string of the molecule is COc1ccc(C(N)=O)cc1NCc1cc(C#N)n(C)c1. The number of primary amides is 1. The lowest BCUT2D eigenvalue weighted by Crippen LogP contribution is -2.11. The van der Waals surface area contributed by atoms with Gasteiger partial charge < -0.3 is 20.4 Å². The summed E-state index contributed by atoms with van der Waals surface area (Å²) in [6, 6.07) is 8.86. The molecule has 0 unspecified atom stereocenters. The van der Waals surface area contributed by atoms with Crippen molar-refractivity contribution in [3.8, 4) is 11.8 Å². The Morgan fingerprint density at radius 2 is 2.24 bits per heavy atom. The molecule has 1 aromatic heterocycles. The van der Waals surface area contributed by atoms with Gasteiger partial charge in [0.2, 0.25) is 5.91 Å². The number of nitrogens with one attached hydrogen (secondary N) is 1. The number of aryl methyl sites for hydroxylation is 1. The number of carbonyl (C=O) groups is 1. The normalized spacial score (nSPS) is 9.95. The van der Waals surface area contributed by atoms with Gasteiger partial charge in [0.15, 0.2) is 0 Å². The summed E-state index contributed by atoms with van der Waals surface area (Å²) in [6.07, 6.45) is 1.87. The molecule has 0 atom stereocenters. The molecule has 1 heterocycles. The van der Waals surface area contributed by atoms with Crippen molar-refractivity contribution in [3.05, 3.63) is 47.3 Å². The fourth-order valence-corrected chi connectivity index (χ4v) is 2.04. The molecular weight excluding hydrogens is 268 g/mol. The number of nitrogens with zero attached hydrogens (tertiary/aromatic N) is 2. The Morgan fingerprint density at radius 1 is 1.48 bits per heavy atom. The largest absolute Gasteiger partial charge is 0.495 e. The lowest BCUT2D eigenvalue weighted by atomic mass is 10.1. The highest BCUT2D eigenvalue weighted by Gasteiger charge is 2.08. The van der Waals surface area contributed by atoms with Crippen LogP contribution < -0.4 is 15.8 Å². The van der Waals surface area contributed by atoms with Crippen molar-refractivity contribution in [3.63, 3.8) is 0 Å². The minimum Gasteiger partial charge on any atom is -0.495 e. The fraction of sp³-hybridized carbons (Fsp3) is 0.200. The standard InChI is InChI=1S/C15H16N4O2/c1-19-9-10(5-12(19)7-16)8-18-13-6-11(15(17)20)3-4-14(13)21-2/h3-6,9,18H,8H2,1-2H3,(H2,17,20). The van der Waals surface area contributed by atoms with Crippen LogP contribution in [0.5, 0.6) is 5.75 Å². The second-order valence-electron chi connectivity index (χ2n) is 4.59. The first-order chi connectivity index (χ1) is 10.0. The van der Waals surface area contributed by atoms with Crippen LogP contribution >= 0.6 is 0 Å².